The molecule has 2 unspecified atom stereocenters. The number of carbonyl (C=O) groups excluding carboxylic acids is 1. The number of nitrogens with two attached hydrogens (primary N) is 2. The summed E-state index contributed by atoms with van der Waals surface area (Å²) in [6.07, 6.45) is 4.50. The van der Waals surface area contributed by atoms with Gasteiger partial charge in [-0.25, -0.2) is 9.97 Å². The Morgan fingerprint density at radius 3 is 2.57 bits per heavy atom. The fraction of sp³-hybridized carbons (Fsp3) is 0.136. The zero-order valence-corrected chi connectivity index (χ0v) is 17.7. The second-order valence-electron chi connectivity index (χ2n) is 6.83. The van der Waals surface area contributed by atoms with Crippen molar-refractivity contribution in [3.8, 4) is 21.8 Å². The summed E-state index contributed by atoms with van der Waals surface area (Å²) in [6, 6.07) is 13.2. The Morgan fingerprint density at radius 1 is 1.20 bits per heavy atom. The standard InChI is InChI=1S/C22H19ClN4O2S/c1-29-19-9-8-15(23)12-22(19,20(24)28)14-6-4-13(5-7-14)16-11-17(27-21(25)26-16)18-3-2-10-30-18/h2-12,19H,1H3,(H2,24,28)(H2,25,26,27). The molecule has 152 valence electrons. The van der Waals surface area contributed by atoms with Gasteiger partial charge < -0.3 is 16.2 Å². The highest BCUT2D eigenvalue weighted by molar-refractivity contribution is 7.13. The lowest BCUT2D eigenvalue weighted by Crippen LogP contribution is -2.50. The van der Waals surface area contributed by atoms with E-state index in [4.69, 9.17) is 27.8 Å². The smallest absolute Gasteiger partial charge is 0.235 e. The molecule has 8 heteroatoms. The molecule has 1 aromatic carbocycles. The number of thiophene rings is 1. The van der Waals surface area contributed by atoms with Gasteiger partial charge in [-0.1, -0.05) is 48.0 Å². The van der Waals surface area contributed by atoms with E-state index >= 15 is 0 Å². The van der Waals surface area contributed by atoms with E-state index in [9.17, 15) is 4.79 Å². The number of amides is 1. The summed E-state index contributed by atoms with van der Waals surface area (Å²) in [6.45, 7) is 0. The molecule has 1 amide bonds. The van der Waals surface area contributed by atoms with E-state index in [0.29, 0.717) is 16.3 Å². The first kappa shape index (κ1) is 20.3. The highest BCUT2D eigenvalue weighted by Gasteiger charge is 2.45. The molecule has 1 aliphatic carbocycles. The van der Waals surface area contributed by atoms with E-state index in [1.165, 1.54) is 7.11 Å². The molecule has 4 N–H and O–H groups in total. The third-order valence-corrected chi connectivity index (χ3v) is 6.21. The van der Waals surface area contributed by atoms with E-state index in [1.807, 2.05) is 47.8 Å². The molecule has 1 aliphatic rings. The third-order valence-electron chi connectivity index (χ3n) is 5.08. The molecule has 4 rings (SSSR count). The summed E-state index contributed by atoms with van der Waals surface area (Å²) in [4.78, 5) is 22.2. The Hall–Kier alpha value is -3.00. The van der Waals surface area contributed by atoms with Gasteiger partial charge in [-0.05, 0) is 35.2 Å². The SMILES string of the molecule is COC1C=CC(Cl)=CC1(C(N)=O)c1ccc(-c2cc(-c3cccs3)nc(N)n2)cc1. The summed E-state index contributed by atoms with van der Waals surface area (Å²) in [5.74, 6) is -0.351. The van der Waals surface area contributed by atoms with Gasteiger partial charge in [0.15, 0.2) is 0 Å². The average molecular weight is 439 g/mol. The monoisotopic (exact) mass is 438 g/mol. The van der Waals surface area contributed by atoms with Crippen LogP contribution in [0, 0.1) is 0 Å². The maximum atomic E-state index is 12.5. The number of carbonyl (C=O) groups is 1. The Balaban J connectivity index is 1.76. The van der Waals surface area contributed by atoms with Crippen LogP contribution in [-0.4, -0.2) is 29.1 Å². The lowest BCUT2D eigenvalue weighted by Gasteiger charge is -2.35. The summed E-state index contributed by atoms with van der Waals surface area (Å²) in [5, 5.41) is 2.41. The molecule has 0 saturated carbocycles. The summed E-state index contributed by atoms with van der Waals surface area (Å²) < 4.78 is 5.53. The van der Waals surface area contributed by atoms with Gasteiger partial charge in [0.2, 0.25) is 11.9 Å². The Labute approximate surface area is 182 Å². The molecular formula is C22H19ClN4O2S. The molecule has 0 aliphatic heterocycles. The van der Waals surface area contributed by atoms with E-state index < -0.39 is 17.4 Å². The topological polar surface area (TPSA) is 104 Å². The van der Waals surface area contributed by atoms with Crippen LogP contribution in [0.25, 0.3) is 21.8 Å². The van der Waals surface area contributed by atoms with Crippen LogP contribution >= 0.6 is 22.9 Å². The summed E-state index contributed by atoms with van der Waals surface area (Å²) in [5.41, 5.74) is 13.5. The van der Waals surface area contributed by atoms with Crippen molar-refractivity contribution < 1.29 is 9.53 Å². The molecule has 0 saturated heterocycles. The number of halogens is 1. The van der Waals surface area contributed by atoms with Crippen molar-refractivity contribution in [2.75, 3.05) is 12.8 Å². The number of rotatable bonds is 5. The molecule has 3 aromatic rings. The van der Waals surface area contributed by atoms with Crippen LogP contribution in [0.3, 0.4) is 0 Å². The molecule has 0 radical (unpaired) electrons. The number of methoxy groups -OCH3 is 1. The van der Waals surface area contributed by atoms with Gasteiger partial charge in [0.05, 0.1) is 22.4 Å². The molecular weight excluding hydrogens is 420 g/mol. The minimum Gasteiger partial charge on any atom is -0.376 e. The zero-order chi connectivity index (χ0) is 21.3. The number of ether oxygens (including phenoxy) is 1. The Bertz CT molecular complexity index is 1140. The normalized spacial score (nSPS) is 20.7. The van der Waals surface area contributed by atoms with Gasteiger partial charge in [-0.2, -0.15) is 0 Å². The van der Waals surface area contributed by atoms with Crippen LogP contribution in [-0.2, 0) is 14.9 Å². The molecule has 0 fully saturated rings. The van der Waals surface area contributed by atoms with Crippen molar-refractivity contribution in [3.05, 3.63) is 76.7 Å². The lowest BCUT2D eigenvalue weighted by molar-refractivity contribution is -0.125. The highest BCUT2D eigenvalue weighted by Crippen LogP contribution is 2.38. The molecule has 2 heterocycles. The van der Waals surface area contributed by atoms with Crippen molar-refractivity contribution >= 4 is 34.8 Å². The molecule has 6 nitrogen and oxygen atoms in total. The van der Waals surface area contributed by atoms with Gasteiger partial charge >= 0.3 is 0 Å². The van der Waals surface area contributed by atoms with E-state index in [-0.39, 0.29) is 5.95 Å². The van der Waals surface area contributed by atoms with Crippen LogP contribution in [0.5, 0.6) is 0 Å². The zero-order valence-electron chi connectivity index (χ0n) is 16.1. The number of hydrogen-bond donors (Lipinski definition) is 2. The van der Waals surface area contributed by atoms with E-state index in [1.54, 1.807) is 29.6 Å². The number of benzene rings is 1. The Morgan fingerprint density at radius 2 is 1.93 bits per heavy atom. The number of nitrogen functional groups attached to an aromatic ring is 1. The number of hydrogen-bond acceptors (Lipinski definition) is 6. The average Bonchev–Trinajstić information content (AvgIpc) is 3.28. The van der Waals surface area contributed by atoms with Crippen LogP contribution in [0.15, 0.2) is 71.1 Å². The quantitative estimate of drug-likeness (QED) is 0.628. The van der Waals surface area contributed by atoms with Gasteiger partial charge in [0.1, 0.15) is 5.41 Å². The number of primary amides is 1. The van der Waals surface area contributed by atoms with E-state index in [2.05, 4.69) is 9.97 Å². The first-order chi connectivity index (χ1) is 14.4. The second kappa shape index (κ2) is 8.02. The van der Waals surface area contributed by atoms with Gasteiger partial charge in [0.25, 0.3) is 0 Å². The largest absolute Gasteiger partial charge is 0.376 e. The van der Waals surface area contributed by atoms with Crippen molar-refractivity contribution in [2.45, 2.75) is 11.5 Å². The van der Waals surface area contributed by atoms with Crippen molar-refractivity contribution in [1.29, 1.82) is 0 Å². The van der Waals surface area contributed by atoms with Crippen LogP contribution in [0.4, 0.5) is 5.95 Å². The van der Waals surface area contributed by atoms with Crippen LogP contribution in [0.2, 0.25) is 0 Å². The molecule has 0 spiro atoms. The summed E-state index contributed by atoms with van der Waals surface area (Å²) >= 11 is 7.79. The predicted octanol–water partition coefficient (Wildman–Crippen LogP) is 3.88. The predicted molar refractivity (Wildman–Crippen MR) is 120 cm³/mol. The van der Waals surface area contributed by atoms with Crippen molar-refractivity contribution in [2.24, 2.45) is 5.73 Å². The number of aromatic nitrogens is 2. The maximum absolute atomic E-state index is 12.5. The third kappa shape index (κ3) is 3.52. The van der Waals surface area contributed by atoms with Crippen molar-refractivity contribution in [1.82, 2.24) is 9.97 Å². The van der Waals surface area contributed by atoms with Crippen LogP contribution in [0.1, 0.15) is 5.56 Å². The molecule has 2 atom stereocenters. The highest BCUT2D eigenvalue weighted by atomic mass is 35.5. The minimum atomic E-state index is -1.20. The fourth-order valence-corrected chi connectivity index (χ4v) is 4.56. The van der Waals surface area contributed by atoms with Gasteiger partial charge in [0, 0.05) is 17.7 Å². The van der Waals surface area contributed by atoms with Gasteiger partial charge in [-0.3, -0.25) is 4.79 Å². The molecule has 2 aromatic heterocycles. The van der Waals surface area contributed by atoms with Crippen LogP contribution < -0.4 is 11.5 Å². The minimum absolute atomic E-state index is 0.195. The first-order valence-corrected chi connectivity index (χ1v) is 10.4. The fourth-order valence-electron chi connectivity index (χ4n) is 3.63. The summed E-state index contributed by atoms with van der Waals surface area (Å²) in [7, 11) is 1.53. The Kier molecular flexibility index (Phi) is 5.42. The lowest BCUT2D eigenvalue weighted by atomic mass is 9.72. The number of nitrogens with zero attached hydrogens (tertiary/aromatic N) is 2. The maximum Gasteiger partial charge on any atom is 0.235 e. The number of allylic oxidation sites excluding steroid dienone is 2. The van der Waals surface area contributed by atoms with E-state index in [0.717, 1.165) is 16.1 Å². The van der Waals surface area contributed by atoms with Crippen molar-refractivity contribution in [3.63, 3.8) is 0 Å². The first-order valence-electron chi connectivity index (χ1n) is 9.12. The second-order valence-corrected chi connectivity index (χ2v) is 8.21. The molecule has 30 heavy (non-hydrogen) atoms. The van der Waals surface area contributed by atoms with Gasteiger partial charge in [-0.15, -0.1) is 11.3 Å². The molecule has 0 bridgehead atoms. The number of anilines is 1.